The SMILES string of the molecule is CCCC(OC)c1noc(CC(NCC)C(C)C)n1. The largest absolute Gasteiger partial charge is 0.373 e. The molecule has 0 spiro atoms. The lowest BCUT2D eigenvalue weighted by Crippen LogP contribution is -2.35. The average Bonchev–Trinajstić information content (AvgIpc) is 2.83. The molecule has 0 amide bonds. The minimum absolute atomic E-state index is 0.0564. The van der Waals surface area contributed by atoms with Crippen molar-refractivity contribution in [3.63, 3.8) is 0 Å². The molecular formula is C14H27N3O2. The van der Waals surface area contributed by atoms with Gasteiger partial charge in [-0.15, -0.1) is 0 Å². The normalized spacial score (nSPS) is 14.8. The molecule has 0 aliphatic rings. The van der Waals surface area contributed by atoms with Crippen molar-refractivity contribution < 1.29 is 9.26 Å². The molecule has 0 aliphatic heterocycles. The molecule has 0 bridgehead atoms. The van der Waals surface area contributed by atoms with Crippen LogP contribution in [0.5, 0.6) is 0 Å². The summed E-state index contributed by atoms with van der Waals surface area (Å²) in [6.07, 6.45) is 2.66. The highest BCUT2D eigenvalue weighted by Crippen LogP contribution is 2.19. The number of hydrogen-bond acceptors (Lipinski definition) is 5. The van der Waals surface area contributed by atoms with Crippen LogP contribution in [0.15, 0.2) is 4.52 Å². The highest BCUT2D eigenvalue weighted by molar-refractivity contribution is 4.94. The van der Waals surface area contributed by atoms with Gasteiger partial charge in [-0.05, 0) is 18.9 Å². The Morgan fingerprint density at radius 1 is 1.32 bits per heavy atom. The number of nitrogens with one attached hydrogen (secondary N) is 1. The van der Waals surface area contributed by atoms with E-state index < -0.39 is 0 Å². The van der Waals surface area contributed by atoms with E-state index in [9.17, 15) is 0 Å². The van der Waals surface area contributed by atoms with Gasteiger partial charge in [0, 0.05) is 19.6 Å². The van der Waals surface area contributed by atoms with Gasteiger partial charge in [0.25, 0.3) is 0 Å². The van der Waals surface area contributed by atoms with E-state index in [0.717, 1.165) is 25.8 Å². The summed E-state index contributed by atoms with van der Waals surface area (Å²) in [6, 6.07) is 0.366. The van der Waals surface area contributed by atoms with E-state index in [4.69, 9.17) is 9.26 Å². The fourth-order valence-corrected chi connectivity index (χ4v) is 2.09. The first-order valence-electron chi connectivity index (χ1n) is 7.20. The summed E-state index contributed by atoms with van der Waals surface area (Å²) in [6.45, 7) is 9.56. The third-order valence-corrected chi connectivity index (χ3v) is 3.27. The molecule has 2 atom stereocenters. The minimum Gasteiger partial charge on any atom is -0.373 e. The fourth-order valence-electron chi connectivity index (χ4n) is 2.09. The molecule has 0 aliphatic carbocycles. The molecule has 110 valence electrons. The molecule has 0 saturated heterocycles. The van der Waals surface area contributed by atoms with E-state index in [1.54, 1.807) is 7.11 Å². The molecule has 1 heterocycles. The van der Waals surface area contributed by atoms with E-state index in [2.05, 4.69) is 43.2 Å². The lowest BCUT2D eigenvalue weighted by atomic mass is 10.0. The van der Waals surface area contributed by atoms with Crippen LogP contribution in [-0.4, -0.2) is 29.8 Å². The van der Waals surface area contributed by atoms with E-state index in [0.29, 0.717) is 23.7 Å². The zero-order chi connectivity index (χ0) is 14.3. The number of likely N-dealkylation sites (N-methyl/N-ethyl adjacent to an activating group) is 1. The van der Waals surface area contributed by atoms with Crippen molar-refractivity contribution in [3.05, 3.63) is 11.7 Å². The van der Waals surface area contributed by atoms with Gasteiger partial charge in [0.2, 0.25) is 11.7 Å². The molecule has 1 aromatic rings. The van der Waals surface area contributed by atoms with E-state index >= 15 is 0 Å². The summed E-state index contributed by atoms with van der Waals surface area (Å²) in [7, 11) is 1.69. The van der Waals surface area contributed by atoms with Crippen molar-refractivity contribution in [1.82, 2.24) is 15.5 Å². The van der Waals surface area contributed by atoms with Crippen LogP contribution in [0.25, 0.3) is 0 Å². The molecule has 0 radical (unpaired) electrons. The van der Waals surface area contributed by atoms with Crippen LogP contribution in [0.3, 0.4) is 0 Å². The monoisotopic (exact) mass is 269 g/mol. The van der Waals surface area contributed by atoms with Crippen LogP contribution in [-0.2, 0) is 11.2 Å². The first-order chi connectivity index (χ1) is 9.12. The summed E-state index contributed by atoms with van der Waals surface area (Å²) in [5.74, 6) is 1.88. The molecule has 1 aromatic heterocycles. The number of ether oxygens (including phenoxy) is 1. The van der Waals surface area contributed by atoms with Crippen LogP contribution < -0.4 is 5.32 Å². The Kier molecular flexibility index (Phi) is 7.02. The van der Waals surface area contributed by atoms with Crippen LogP contribution in [0.2, 0.25) is 0 Å². The van der Waals surface area contributed by atoms with Gasteiger partial charge in [0.1, 0.15) is 6.10 Å². The predicted octanol–water partition coefficient (Wildman–Crippen LogP) is 2.73. The second-order valence-corrected chi connectivity index (χ2v) is 5.17. The van der Waals surface area contributed by atoms with Gasteiger partial charge in [-0.2, -0.15) is 4.98 Å². The summed E-state index contributed by atoms with van der Waals surface area (Å²) in [4.78, 5) is 4.46. The van der Waals surface area contributed by atoms with Crippen LogP contribution in [0, 0.1) is 5.92 Å². The van der Waals surface area contributed by atoms with Gasteiger partial charge < -0.3 is 14.6 Å². The van der Waals surface area contributed by atoms with Gasteiger partial charge in [0.15, 0.2) is 0 Å². The molecule has 19 heavy (non-hydrogen) atoms. The average molecular weight is 269 g/mol. The quantitative estimate of drug-likeness (QED) is 0.747. The first kappa shape index (κ1) is 16.1. The smallest absolute Gasteiger partial charge is 0.228 e. The van der Waals surface area contributed by atoms with Crippen molar-refractivity contribution >= 4 is 0 Å². The lowest BCUT2D eigenvalue weighted by Gasteiger charge is -2.19. The van der Waals surface area contributed by atoms with Gasteiger partial charge in [-0.1, -0.05) is 39.3 Å². The molecule has 5 nitrogen and oxygen atoms in total. The van der Waals surface area contributed by atoms with Gasteiger partial charge >= 0.3 is 0 Å². The predicted molar refractivity (Wildman–Crippen MR) is 75.0 cm³/mol. The highest BCUT2D eigenvalue weighted by atomic mass is 16.5. The Hall–Kier alpha value is -0.940. The Balaban J connectivity index is 2.67. The third kappa shape index (κ3) is 4.91. The van der Waals surface area contributed by atoms with E-state index in [1.807, 2.05) is 0 Å². The van der Waals surface area contributed by atoms with Crippen molar-refractivity contribution in [2.24, 2.45) is 5.92 Å². The van der Waals surface area contributed by atoms with Crippen LogP contribution >= 0.6 is 0 Å². The van der Waals surface area contributed by atoms with Crippen molar-refractivity contribution in [1.29, 1.82) is 0 Å². The molecule has 0 aromatic carbocycles. The van der Waals surface area contributed by atoms with Crippen molar-refractivity contribution in [2.75, 3.05) is 13.7 Å². The molecule has 0 saturated carbocycles. The molecule has 1 N–H and O–H groups in total. The molecule has 2 unspecified atom stereocenters. The Bertz CT molecular complexity index is 352. The fraction of sp³-hybridized carbons (Fsp3) is 0.857. The minimum atomic E-state index is -0.0564. The summed E-state index contributed by atoms with van der Waals surface area (Å²) < 4.78 is 10.7. The van der Waals surface area contributed by atoms with Crippen LogP contribution in [0.4, 0.5) is 0 Å². The number of methoxy groups -OCH3 is 1. The van der Waals surface area contributed by atoms with Gasteiger partial charge in [-0.3, -0.25) is 0 Å². The zero-order valence-electron chi connectivity index (χ0n) is 12.8. The topological polar surface area (TPSA) is 60.2 Å². The highest BCUT2D eigenvalue weighted by Gasteiger charge is 2.20. The summed E-state index contributed by atoms with van der Waals surface area (Å²) in [5.41, 5.74) is 0. The molecular weight excluding hydrogens is 242 g/mol. The first-order valence-corrected chi connectivity index (χ1v) is 7.20. The Labute approximate surface area is 116 Å². The summed E-state index contributed by atoms with van der Waals surface area (Å²) >= 11 is 0. The zero-order valence-corrected chi connectivity index (χ0v) is 12.8. The van der Waals surface area contributed by atoms with Gasteiger partial charge in [0.05, 0.1) is 0 Å². The van der Waals surface area contributed by atoms with Crippen molar-refractivity contribution in [2.45, 2.75) is 59.1 Å². The number of hydrogen-bond donors (Lipinski definition) is 1. The Morgan fingerprint density at radius 2 is 2.05 bits per heavy atom. The maximum absolute atomic E-state index is 5.39. The standard InChI is InChI=1S/C14H27N3O2/c1-6-8-12(18-5)14-16-13(19-17-14)9-11(10(3)4)15-7-2/h10-12,15H,6-9H2,1-5H3. The number of rotatable bonds is 9. The molecule has 1 rings (SSSR count). The van der Waals surface area contributed by atoms with Crippen LogP contribution in [0.1, 0.15) is 58.4 Å². The molecule has 5 heteroatoms. The maximum atomic E-state index is 5.39. The summed E-state index contributed by atoms with van der Waals surface area (Å²) in [5, 5.41) is 7.49. The Morgan fingerprint density at radius 3 is 2.58 bits per heavy atom. The second-order valence-electron chi connectivity index (χ2n) is 5.17. The number of nitrogens with zero attached hydrogens (tertiary/aromatic N) is 2. The third-order valence-electron chi connectivity index (χ3n) is 3.27. The van der Waals surface area contributed by atoms with Gasteiger partial charge in [-0.25, -0.2) is 0 Å². The maximum Gasteiger partial charge on any atom is 0.228 e. The number of aromatic nitrogens is 2. The van der Waals surface area contributed by atoms with E-state index in [1.165, 1.54) is 0 Å². The lowest BCUT2D eigenvalue weighted by molar-refractivity contribution is 0.0854. The van der Waals surface area contributed by atoms with E-state index in [-0.39, 0.29) is 6.10 Å². The van der Waals surface area contributed by atoms with Crippen molar-refractivity contribution in [3.8, 4) is 0 Å². The molecule has 0 fully saturated rings. The second kappa shape index (κ2) is 8.27.